The number of hydrogen-bond donors (Lipinski definition) is 2. The first kappa shape index (κ1) is 10.2. The van der Waals surface area contributed by atoms with Gasteiger partial charge < -0.3 is 10.8 Å². The van der Waals surface area contributed by atoms with E-state index in [0.717, 1.165) is 0 Å². The maximum atomic E-state index is 11.9. The number of phenols is 1. The molecule has 0 amide bonds. The van der Waals surface area contributed by atoms with Gasteiger partial charge >= 0.3 is 0 Å². The van der Waals surface area contributed by atoms with Crippen LogP contribution >= 0.6 is 0 Å². The van der Waals surface area contributed by atoms with Crippen LogP contribution in [0.2, 0.25) is 0 Å². The van der Waals surface area contributed by atoms with Crippen LogP contribution in [0.15, 0.2) is 42.7 Å². The van der Waals surface area contributed by atoms with Gasteiger partial charge in [0, 0.05) is 23.5 Å². The lowest BCUT2D eigenvalue weighted by atomic mass is 10.0. The fourth-order valence-electron chi connectivity index (χ4n) is 1.35. The van der Waals surface area contributed by atoms with Gasteiger partial charge in [0.2, 0.25) is 0 Å². The lowest BCUT2D eigenvalue weighted by Gasteiger charge is -2.03. The summed E-state index contributed by atoms with van der Waals surface area (Å²) in [6.45, 7) is 0. The Kier molecular flexibility index (Phi) is 2.55. The quantitative estimate of drug-likeness (QED) is 0.452. The Morgan fingerprint density at radius 2 is 1.81 bits per heavy atom. The summed E-state index contributed by atoms with van der Waals surface area (Å²) >= 11 is 0. The van der Waals surface area contributed by atoms with Gasteiger partial charge in [-0.05, 0) is 30.3 Å². The van der Waals surface area contributed by atoms with Gasteiger partial charge in [-0.25, -0.2) is 0 Å². The molecular weight excluding hydrogens is 204 g/mol. The number of carbonyl (C=O) groups is 1. The second kappa shape index (κ2) is 4.02. The molecule has 2 aromatic rings. The summed E-state index contributed by atoms with van der Waals surface area (Å²) in [4.78, 5) is 15.8. The Hall–Kier alpha value is -2.36. The zero-order valence-electron chi connectivity index (χ0n) is 8.42. The van der Waals surface area contributed by atoms with Crippen molar-refractivity contribution < 1.29 is 9.90 Å². The Balaban J connectivity index is 2.39. The van der Waals surface area contributed by atoms with Gasteiger partial charge in [-0.3, -0.25) is 9.78 Å². The molecule has 3 N–H and O–H groups in total. The number of hydrogen-bond acceptors (Lipinski definition) is 4. The second-order valence-electron chi connectivity index (χ2n) is 3.34. The number of aromatic nitrogens is 1. The number of nitrogens with zero attached hydrogens (tertiary/aromatic N) is 1. The minimum Gasteiger partial charge on any atom is -0.506 e. The summed E-state index contributed by atoms with van der Waals surface area (Å²) in [7, 11) is 0. The van der Waals surface area contributed by atoms with Crippen molar-refractivity contribution in [2.45, 2.75) is 0 Å². The number of pyridine rings is 1. The number of anilines is 1. The smallest absolute Gasteiger partial charge is 0.193 e. The molecule has 0 aliphatic rings. The van der Waals surface area contributed by atoms with E-state index in [9.17, 15) is 9.90 Å². The third-order valence-electron chi connectivity index (χ3n) is 2.24. The highest BCUT2D eigenvalue weighted by Gasteiger charge is 2.10. The molecule has 0 aliphatic heterocycles. The molecule has 0 unspecified atom stereocenters. The Morgan fingerprint density at radius 3 is 2.44 bits per heavy atom. The van der Waals surface area contributed by atoms with E-state index in [1.165, 1.54) is 12.1 Å². The van der Waals surface area contributed by atoms with Crippen molar-refractivity contribution in [3.05, 3.63) is 53.9 Å². The number of rotatable bonds is 2. The van der Waals surface area contributed by atoms with E-state index in [0.29, 0.717) is 11.1 Å². The monoisotopic (exact) mass is 214 g/mol. The summed E-state index contributed by atoms with van der Waals surface area (Å²) < 4.78 is 0. The average Bonchev–Trinajstić information content (AvgIpc) is 2.33. The van der Waals surface area contributed by atoms with Crippen LogP contribution in [-0.2, 0) is 0 Å². The van der Waals surface area contributed by atoms with Gasteiger partial charge in [0.25, 0.3) is 0 Å². The predicted octanol–water partition coefficient (Wildman–Crippen LogP) is 1.60. The molecule has 4 heteroatoms. The van der Waals surface area contributed by atoms with Crippen molar-refractivity contribution in [1.29, 1.82) is 0 Å². The molecule has 4 nitrogen and oxygen atoms in total. The highest BCUT2D eigenvalue weighted by atomic mass is 16.3. The minimum atomic E-state index is -0.169. The second-order valence-corrected chi connectivity index (χ2v) is 3.34. The van der Waals surface area contributed by atoms with Gasteiger partial charge in [0.1, 0.15) is 5.75 Å². The maximum Gasteiger partial charge on any atom is 0.193 e. The number of benzene rings is 1. The van der Waals surface area contributed by atoms with Crippen LogP contribution in [0.1, 0.15) is 15.9 Å². The molecule has 16 heavy (non-hydrogen) atoms. The SMILES string of the molecule is Nc1ccc(C(=O)c2ccncc2)cc1O. The molecule has 1 aromatic heterocycles. The third-order valence-corrected chi connectivity index (χ3v) is 2.24. The van der Waals surface area contributed by atoms with Crippen LogP contribution in [0.4, 0.5) is 5.69 Å². The lowest BCUT2D eigenvalue weighted by Crippen LogP contribution is -2.01. The first-order valence-electron chi connectivity index (χ1n) is 4.71. The van der Waals surface area contributed by atoms with Crippen LogP contribution in [-0.4, -0.2) is 15.9 Å². The molecule has 80 valence electrons. The Labute approximate surface area is 92.4 Å². The van der Waals surface area contributed by atoms with E-state index in [1.54, 1.807) is 30.6 Å². The van der Waals surface area contributed by atoms with Crippen LogP contribution < -0.4 is 5.73 Å². The normalized spacial score (nSPS) is 10.0. The molecule has 1 aromatic carbocycles. The van der Waals surface area contributed by atoms with E-state index in [4.69, 9.17) is 5.73 Å². The van der Waals surface area contributed by atoms with Crippen molar-refractivity contribution >= 4 is 11.5 Å². The van der Waals surface area contributed by atoms with E-state index in [-0.39, 0.29) is 17.2 Å². The zero-order valence-corrected chi connectivity index (χ0v) is 8.42. The Bertz CT molecular complexity index is 524. The van der Waals surface area contributed by atoms with Crippen molar-refractivity contribution in [2.75, 3.05) is 5.73 Å². The molecule has 0 aliphatic carbocycles. The molecule has 2 rings (SSSR count). The predicted molar refractivity (Wildman–Crippen MR) is 60.2 cm³/mol. The lowest BCUT2D eigenvalue weighted by molar-refractivity contribution is 0.103. The van der Waals surface area contributed by atoms with E-state index >= 15 is 0 Å². The number of nitrogen functional groups attached to an aromatic ring is 1. The highest BCUT2D eigenvalue weighted by molar-refractivity contribution is 6.09. The van der Waals surface area contributed by atoms with Crippen LogP contribution in [0.25, 0.3) is 0 Å². The first-order valence-corrected chi connectivity index (χ1v) is 4.71. The third kappa shape index (κ3) is 1.86. The number of nitrogens with two attached hydrogens (primary N) is 1. The van der Waals surface area contributed by atoms with Crippen molar-refractivity contribution in [2.24, 2.45) is 0 Å². The van der Waals surface area contributed by atoms with Crippen molar-refractivity contribution in [3.8, 4) is 5.75 Å². The fraction of sp³-hybridized carbons (Fsp3) is 0. The molecule has 0 atom stereocenters. The largest absolute Gasteiger partial charge is 0.506 e. The van der Waals surface area contributed by atoms with Crippen molar-refractivity contribution in [3.63, 3.8) is 0 Å². The molecule has 1 heterocycles. The summed E-state index contributed by atoms with van der Waals surface area (Å²) in [6.07, 6.45) is 3.09. The van der Waals surface area contributed by atoms with Crippen molar-refractivity contribution in [1.82, 2.24) is 4.98 Å². The van der Waals surface area contributed by atoms with Gasteiger partial charge in [-0.1, -0.05) is 0 Å². The number of aromatic hydroxyl groups is 1. The molecule has 0 fully saturated rings. The zero-order chi connectivity index (χ0) is 11.5. The summed E-state index contributed by atoms with van der Waals surface area (Å²) in [6, 6.07) is 7.69. The van der Waals surface area contributed by atoms with E-state index < -0.39 is 0 Å². The maximum absolute atomic E-state index is 11.9. The van der Waals surface area contributed by atoms with Gasteiger partial charge in [0.05, 0.1) is 5.69 Å². The number of ketones is 1. The van der Waals surface area contributed by atoms with Gasteiger partial charge in [0.15, 0.2) is 5.78 Å². The van der Waals surface area contributed by atoms with E-state index in [1.807, 2.05) is 0 Å². The summed E-state index contributed by atoms with van der Waals surface area (Å²) in [5, 5.41) is 9.41. The van der Waals surface area contributed by atoms with Crippen LogP contribution in [0.5, 0.6) is 5.75 Å². The molecule has 0 radical (unpaired) electrons. The summed E-state index contributed by atoms with van der Waals surface area (Å²) in [5.74, 6) is -0.252. The molecule has 0 bridgehead atoms. The highest BCUT2D eigenvalue weighted by Crippen LogP contribution is 2.22. The van der Waals surface area contributed by atoms with Crippen LogP contribution in [0.3, 0.4) is 0 Å². The Morgan fingerprint density at radius 1 is 1.12 bits per heavy atom. The minimum absolute atomic E-state index is 0.0834. The van der Waals surface area contributed by atoms with Crippen LogP contribution in [0, 0.1) is 0 Å². The standard InChI is InChI=1S/C12H10N2O2/c13-10-2-1-9(7-11(10)15)12(16)8-3-5-14-6-4-8/h1-7,15H,13H2. The van der Waals surface area contributed by atoms with Gasteiger partial charge in [-0.2, -0.15) is 0 Å². The first-order chi connectivity index (χ1) is 7.68. The molecule has 0 saturated heterocycles. The number of carbonyl (C=O) groups excluding carboxylic acids is 1. The molecule has 0 spiro atoms. The topological polar surface area (TPSA) is 76.2 Å². The molecule has 0 saturated carbocycles. The summed E-state index contributed by atoms with van der Waals surface area (Å²) in [5.41, 5.74) is 6.64. The van der Waals surface area contributed by atoms with Gasteiger partial charge in [-0.15, -0.1) is 0 Å². The number of phenolic OH excluding ortho intramolecular Hbond substituents is 1. The fourth-order valence-corrected chi connectivity index (χ4v) is 1.35. The average molecular weight is 214 g/mol. The van der Waals surface area contributed by atoms with E-state index in [2.05, 4.69) is 4.98 Å². The molecular formula is C12H10N2O2.